The van der Waals surface area contributed by atoms with Gasteiger partial charge in [0.25, 0.3) is 0 Å². The van der Waals surface area contributed by atoms with E-state index in [0.29, 0.717) is 11.8 Å². The Bertz CT molecular complexity index is 181. The van der Waals surface area contributed by atoms with Gasteiger partial charge in [0, 0.05) is 0 Å². The molecule has 11 heavy (non-hydrogen) atoms. The fourth-order valence-electron chi connectivity index (χ4n) is 1.70. The Morgan fingerprint density at radius 1 is 1.45 bits per heavy atom. The summed E-state index contributed by atoms with van der Waals surface area (Å²) in [6.07, 6.45) is 4.28. The van der Waals surface area contributed by atoms with Gasteiger partial charge in [0.05, 0.1) is 0 Å². The first-order valence-electron chi connectivity index (χ1n) is 4.32. The second kappa shape index (κ2) is 3.21. The van der Waals surface area contributed by atoms with Crippen LogP contribution < -0.4 is 0 Å². The summed E-state index contributed by atoms with van der Waals surface area (Å²) >= 11 is 0. The van der Waals surface area contributed by atoms with Gasteiger partial charge in [0.15, 0.2) is 0 Å². The van der Waals surface area contributed by atoms with Crippen LogP contribution in [0.1, 0.15) is 27.2 Å². The number of rotatable bonds is 1. The fourth-order valence-corrected chi connectivity index (χ4v) is 1.70. The number of carbonyl (C=O) groups excluding carboxylic acids is 1. The molecule has 0 amide bonds. The SMILES string of the molecule is CC1CC(C)C(C)C=C1C=O. The summed E-state index contributed by atoms with van der Waals surface area (Å²) in [6.45, 7) is 6.56. The highest BCUT2D eigenvalue weighted by Gasteiger charge is 2.22. The van der Waals surface area contributed by atoms with Gasteiger partial charge in [-0.1, -0.05) is 26.8 Å². The van der Waals surface area contributed by atoms with Crippen molar-refractivity contribution in [3.63, 3.8) is 0 Å². The standard InChI is InChI=1S/C10H16O/c1-7-4-9(3)10(6-11)5-8(7)2/h5-9H,4H2,1-3H3. The Labute approximate surface area is 68.5 Å². The lowest BCUT2D eigenvalue weighted by Crippen LogP contribution is -2.18. The smallest absolute Gasteiger partial charge is 0.145 e. The van der Waals surface area contributed by atoms with E-state index in [-0.39, 0.29) is 0 Å². The highest BCUT2D eigenvalue weighted by Crippen LogP contribution is 2.31. The Hall–Kier alpha value is -0.590. The molecule has 0 heterocycles. The molecule has 1 nitrogen and oxygen atoms in total. The molecule has 0 aromatic carbocycles. The zero-order valence-electron chi connectivity index (χ0n) is 7.50. The summed E-state index contributed by atoms with van der Waals surface area (Å²) in [7, 11) is 0. The summed E-state index contributed by atoms with van der Waals surface area (Å²) in [5.74, 6) is 1.78. The summed E-state index contributed by atoms with van der Waals surface area (Å²) in [5, 5.41) is 0. The quantitative estimate of drug-likeness (QED) is 0.527. The third-order valence-corrected chi connectivity index (χ3v) is 2.78. The monoisotopic (exact) mass is 152 g/mol. The normalized spacial score (nSPS) is 38.1. The van der Waals surface area contributed by atoms with Crippen LogP contribution in [0.15, 0.2) is 11.6 Å². The molecule has 0 aliphatic heterocycles. The molecule has 1 heteroatoms. The molecule has 0 N–H and O–H groups in total. The topological polar surface area (TPSA) is 17.1 Å². The molecule has 1 aliphatic rings. The van der Waals surface area contributed by atoms with Gasteiger partial charge in [-0.2, -0.15) is 0 Å². The van der Waals surface area contributed by atoms with Crippen molar-refractivity contribution < 1.29 is 4.79 Å². The molecule has 0 saturated heterocycles. The molecule has 0 aromatic rings. The van der Waals surface area contributed by atoms with E-state index in [1.54, 1.807) is 0 Å². The molecule has 1 aliphatic carbocycles. The van der Waals surface area contributed by atoms with Crippen LogP contribution in [0.4, 0.5) is 0 Å². The first kappa shape index (κ1) is 8.51. The van der Waals surface area contributed by atoms with Crippen LogP contribution >= 0.6 is 0 Å². The molecule has 0 aromatic heterocycles. The lowest BCUT2D eigenvalue weighted by atomic mass is 9.78. The first-order chi connectivity index (χ1) is 5.15. The Morgan fingerprint density at radius 3 is 2.64 bits per heavy atom. The Morgan fingerprint density at radius 2 is 2.09 bits per heavy atom. The summed E-state index contributed by atoms with van der Waals surface area (Å²) in [6, 6.07) is 0. The van der Waals surface area contributed by atoms with Crippen molar-refractivity contribution in [1.82, 2.24) is 0 Å². The van der Waals surface area contributed by atoms with E-state index < -0.39 is 0 Å². The van der Waals surface area contributed by atoms with E-state index in [9.17, 15) is 4.79 Å². The molecule has 3 atom stereocenters. The summed E-state index contributed by atoms with van der Waals surface area (Å²) in [4.78, 5) is 10.6. The van der Waals surface area contributed by atoms with Crippen molar-refractivity contribution in [2.24, 2.45) is 17.8 Å². The van der Waals surface area contributed by atoms with Crippen LogP contribution in [0.2, 0.25) is 0 Å². The minimum atomic E-state index is 0.471. The van der Waals surface area contributed by atoms with Crippen LogP contribution in [0, 0.1) is 17.8 Å². The van der Waals surface area contributed by atoms with E-state index in [1.807, 2.05) is 0 Å². The molecular formula is C10H16O. The van der Waals surface area contributed by atoms with Gasteiger partial charge in [-0.05, 0) is 29.7 Å². The highest BCUT2D eigenvalue weighted by atomic mass is 16.1. The van der Waals surface area contributed by atoms with Gasteiger partial charge < -0.3 is 0 Å². The van der Waals surface area contributed by atoms with Gasteiger partial charge in [0.2, 0.25) is 0 Å². The minimum Gasteiger partial charge on any atom is -0.298 e. The molecular weight excluding hydrogens is 136 g/mol. The summed E-state index contributed by atoms with van der Waals surface area (Å²) in [5.41, 5.74) is 0.996. The van der Waals surface area contributed by atoms with Crippen molar-refractivity contribution in [2.75, 3.05) is 0 Å². The Kier molecular flexibility index (Phi) is 2.48. The largest absolute Gasteiger partial charge is 0.298 e. The molecule has 0 bridgehead atoms. The third-order valence-electron chi connectivity index (χ3n) is 2.78. The maximum Gasteiger partial charge on any atom is 0.145 e. The van der Waals surface area contributed by atoms with E-state index in [1.165, 1.54) is 0 Å². The lowest BCUT2D eigenvalue weighted by molar-refractivity contribution is -0.105. The number of aldehydes is 1. The molecule has 0 radical (unpaired) electrons. The van der Waals surface area contributed by atoms with Gasteiger partial charge in [-0.15, -0.1) is 0 Å². The minimum absolute atomic E-state index is 0.471. The molecule has 62 valence electrons. The number of hydrogen-bond donors (Lipinski definition) is 0. The average molecular weight is 152 g/mol. The molecule has 3 unspecified atom stereocenters. The first-order valence-corrected chi connectivity index (χ1v) is 4.32. The zero-order valence-corrected chi connectivity index (χ0v) is 7.50. The third kappa shape index (κ3) is 1.70. The summed E-state index contributed by atoms with van der Waals surface area (Å²) < 4.78 is 0. The van der Waals surface area contributed by atoms with Crippen LogP contribution in [0.25, 0.3) is 0 Å². The molecule has 0 saturated carbocycles. The maximum absolute atomic E-state index is 10.6. The van der Waals surface area contributed by atoms with Crippen molar-refractivity contribution in [3.8, 4) is 0 Å². The highest BCUT2D eigenvalue weighted by molar-refractivity contribution is 5.74. The number of hydrogen-bond acceptors (Lipinski definition) is 1. The van der Waals surface area contributed by atoms with Crippen molar-refractivity contribution in [1.29, 1.82) is 0 Å². The fraction of sp³-hybridized carbons (Fsp3) is 0.700. The predicted octanol–water partition coefficient (Wildman–Crippen LogP) is 2.42. The average Bonchev–Trinajstić information content (AvgIpc) is 1.97. The predicted molar refractivity (Wildman–Crippen MR) is 46.3 cm³/mol. The molecule has 0 fully saturated rings. The van der Waals surface area contributed by atoms with Crippen molar-refractivity contribution in [3.05, 3.63) is 11.6 Å². The molecule has 1 rings (SSSR count). The lowest BCUT2D eigenvalue weighted by Gasteiger charge is -2.27. The van der Waals surface area contributed by atoms with E-state index in [2.05, 4.69) is 26.8 Å². The van der Waals surface area contributed by atoms with E-state index in [0.717, 1.165) is 24.2 Å². The van der Waals surface area contributed by atoms with Gasteiger partial charge >= 0.3 is 0 Å². The van der Waals surface area contributed by atoms with E-state index >= 15 is 0 Å². The second-order valence-electron chi connectivity index (χ2n) is 3.76. The van der Waals surface area contributed by atoms with Crippen molar-refractivity contribution >= 4 is 6.29 Å². The zero-order chi connectivity index (χ0) is 8.43. The van der Waals surface area contributed by atoms with Gasteiger partial charge in [-0.3, -0.25) is 4.79 Å². The van der Waals surface area contributed by atoms with Crippen LogP contribution in [0.3, 0.4) is 0 Å². The van der Waals surface area contributed by atoms with Crippen LogP contribution in [0.5, 0.6) is 0 Å². The number of carbonyl (C=O) groups is 1. The molecule has 0 spiro atoms. The van der Waals surface area contributed by atoms with Crippen LogP contribution in [-0.4, -0.2) is 6.29 Å². The Balaban J connectivity index is 2.78. The van der Waals surface area contributed by atoms with Gasteiger partial charge in [-0.25, -0.2) is 0 Å². The van der Waals surface area contributed by atoms with Crippen LogP contribution in [-0.2, 0) is 4.79 Å². The second-order valence-corrected chi connectivity index (χ2v) is 3.76. The maximum atomic E-state index is 10.6. The van der Waals surface area contributed by atoms with Gasteiger partial charge in [0.1, 0.15) is 6.29 Å². The van der Waals surface area contributed by atoms with E-state index in [4.69, 9.17) is 0 Å². The van der Waals surface area contributed by atoms with Crippen molar-refractivity contribution in [2.45, 2.75) is 27.2 Å². The number of allylic oxidation sites excluding steroid dienone is 2.